The molecule has 0 spiro atoms. The molecular formula is C13H22N2O4. The third kappa shape index (κ3) is 4.22. The van der Waals surface area contributed by atoms with Crippen molar-refractivity contribution in [1.29, 1.82) is 0 Å². The lowest BCUT2D eigenvalue weighted by Crippen LogP contribution is -2.43. The Kier molecular flexibility index (Phi) is 5.32. The van der Waals surface area contributed by atoms with Gasteiger partial charge in [0, 0.05) is 19.5 Å². The summed E-state index contributed by atoms with van der Waals surface area (Å²) < 4.78 is 0. The van der Waals surface area contributed by atoms with Crippen LogP contribution in [0.4, 0.5) is 0 Å². The Hall–Kier alpha value is -1.59. The highest BCUT2D eigenvalue weighted by Gasteiger charge is 2.35. The summed E-state index contributed by atoms with van der Waals surface area (Å²) in [6.07, 6.45) is 0.506. The second kappa shape index (κ2) is 6.54. The van der Waals surface area contributed by atoms with E-state index in [-0.39, 0.29) is 18.2 Å². The largest absolute Gasteiger partial charge is 0.480 e. The third-order valence-corrected chi connectivity index (χ3v) is 3.19. The first-order valence-electron chi connectivity index (χ1n) is 6.66. The Morgan fingerprint density at radius 2 is 2.11 bits per heavy atom. The predicted octanol–water partition coefficient (Wildman–Crippen LogP) is 0.470. The van der Waals surface area contributed by atoms with Gasteiger partial charge in [0.2, 0.25) is 11.8 Å². The Morgan fingerprint density at radius 3 is 2.58 bits per heavy atom. The zero-order valence-corrected chi connectivity index (χ0v) is 11.7. The fourth-order valence-electron chi connectivity index (χ4n) is 2.19. The highest BCUT2D eigenvalue weighted by Crippen LogP contribution is 2.19. The first-order chi connectivity index (χ1) is 8.85. The second-order valence-electron chi connectivity index (χ2n) is 5.40. The van der Waals surface area contributed by atoms with Crippen LogP contribution in [0.5, 0.6) is 0 Å². The van der Waals surface area contributed by atoms with Crippen LogP contribution in [0.1, 0.15) is 33.6 Å². The van der Waals surface area contributed by atoms with Gasteiger partial charge in [-0.25, -0.2) is 4.79 Å². The molecule has 1 aliphatic heterocycles. The van der Waals surface area contributed by atoms with Gasteiger partial charge in [-0.2, -0.15) is 0 Å². The molecule has 0 aliphatic carbocycles. The number of carbonyl (C=O) groups excluding carboxylic acids is 2. The van der Waals surface area contributed by atoms with Crippen LogP contribution in [0.2, 0.25) is 0 Å². The van der Waals surface area contributed by atoms with Crippen LogP contribution < -0.4 is 5.32 Å². The van der Waals surface area contributed by atoms with Crippen LogP contribution in [0.25, 0.3) is 0 Å². The highest BCUT2D eigenvalue weighted by atomic mass is 16.4. The van der Waals surface area contributed by atoms with Gasteiger partial charge in [-0.05, 0) is 12.3 Å². The molecule has 0 bridgehead atoms. The molecule has 1 fully saturated rings. The molecule has 108 valence electrons. The Labute approximate surface area is 113 Å². The Bertz CT molecular complexity index is 368. The zero-order valence-electron chi connectivity index (χ0n) is 11.7. The number of nitrogens with one attached hydrogen (secondary N) is 1. The topological polar surface area (TPSA) is 86.7 Å². The molecule has 19 heavy (non-hydrogen) atoms. The van der Waals surface area contributed by atoms with E-state index in [1.54, 1.807) is 11.8 Å². The Morgan fingerprint density at radius 1 is 1.47 bits per heavy atom. The number of rotatable bonds is 6. The van der Waals surface area contributed by atoms with Crippen molar-refractivity contribution < 1.29 is 19.5 Å². The molecule has 0 radical (unpaired) electrons. The first kappa shape index (κ1) is 15.5. The predicted molar refractivity (Wildman–Crippen MR) is 69.4 cm³/mol. The monoisotopic (exact) mass is 270 g/mol. The average molecular weight is 270 g/mol. The van der Waals surface area contributed by atoms with Gasteiger partial charge in [-0.1, -0.05) is 20.8 Å². The lowest BCUT2D eigenvalue weighted by atomic mass is 10.1. The Balaban J connectivity index is 2.55. The summed E-state index contributed by atoms with van der Waals surface area (Å²) in [5.41, 5.74) is 0. The van der Waals surface area contributed by atoms with E-state index in [1.807, 2.05) is 13.8 Å². The van der Waals surface area contributed by atoms with Gasteiger partial charge >= 0.3 is 5.97 Å². The lowest BCUT2D eigenvalue weighted by molar-refractivity contribution is -0.142. The normalized spacial score (nSPS) is 20.7. The van der Waals surface area contributed by atoms with E-state index in [2.05, 4.69) is 5.32 Å². The van der Waals surface area contributed by atoms with E-state index in [1.165, 1.54) is 0 Å². The lowest BCUT2D eigenvalue weighted by Gasteiger charge is -2.19. The van der Waals surface area contributed by atoms with Gasteiger partial charge in [0.25, 0.3) is 0 Å². The molecular weight excluding hydrogens is 248 g/mol. The molecule has 2 amide bonds. The maximum atomic E-state index is 11.9. The number of carboxylic acids is 1. The fourth-order valence-corrected chi connectivity index (χ4v) is 2.19. The van der Waals surface area contributed by atoms with E-state index in [9.17, 15) is 14.4 Å². The number of hydrogen-bond acceptors (Lipinski definition) is 3. The smallest absolute Gasteiger partial charge is 0.326 e. The summed E-state index contributed by atoms with van der Waals surface area (Å²) in [4.78, 5) is 36.2. The van der Waals surface area contributed by atoms with Crippen molar-refractivity contribution in [1.82, 2.24) is 10.2 Å². The molecule has 0 saturated carbocycles. The molecule has 6 nitrogen and oxygen atoms in total. The highest BCUT2D eigenvalue weighted by molar-refractivity contribution is 5.91. The van der Waals surface area contributed by atoms with Crippen molar-refractivity contribution in [2.24, 2.45) is 11.8 Å². The molecule has 0 aromatic heterocycles. The third-order valence-electron chi connectivity index (χ3n) is 3.19. The summed E-state index contributed by atoms with van der Waals surface area (Å²) >= 11 is 0. The van der Waals surface area contributed by atoms with Crippen molar-refractivity contribution in [3.8, 4) is 0 Å². The van der Waals surface area contributed by atoms with Gasteiger partial charge in [-0.15, -0.1) is 0 Å². The molecule has 1 saturated heterocycles. The summed E-state index contributed by atoms with van der Waals surface area (Å²) in [5.74, 6) is -1.49. The molecule has 1 heterocycles. The molecule has 1 unspecified atom stereocenters. The zero-order chi connectivity index (χ0) is 14.6. The maximum Gasteiger partial charge on any atom is 0.326 e. The second-order valence-corrected chi connectivity index (χ2v) is 5.40. The molecule has 1 aliphatic rings. The number of nitrogens with zero attached hydrogens (tertiary/aromatic N) is 1. The standard InChI is InChI=1S/C13H22N2O4/c1-4-10(13(18)19)14-12(17)9-5-11(16)15(7-9)6-8(2)3/h8-10H,4-7H2,1-3H3,(H,14,17)(H,18,19)/t9?,10-/m1/s1. The molecule has 0 aromatic rings. The molecule has 6 heteroatoms. The van der Waals surface area contributed by atoms with Crippen LogP contribution in [-0.4, -0.2) is 46.9 Å². The van der Waals surface area contributed by atoms with Gasteiger partial charge in [0.15, 0.2) is 0 Å². The molecule has 1 rings (SSSR count). The summed E-state index contributed by atoms with van der Waals surface area (Å²) in [6.45, 7) is 6.75. The number of aliphatic carboxylic acids is 1. The van der Waals surface area contributed by atoms with Crippen molar-refractivity contribution in [3.63, 3.8) is 0 Å². The number of hydrogen-bond donors (Lipinski definition) is 2. The summed E-state index contributed by atoms with van der Waals surface area (Å²) in [6, 6.07) is -0.873. The SMILES string of the molecule is CC[C@@H](NC(=O)C1CC(=O)N(CC(C)C)C1)C(=O)O. The summed E-state index contributed by atoms with van der Waals surface area (Å²) in [7, 11) is 0. The number of amides is 2. The fraction of sp³-hybridized carbons (Fsp3) is 0.769. The van der Waals surface area contributed by atoms with Crippen LogP contribution in [-0.2, 0) is 14.4 Å². The maximum absolute atomic E-state index is 11.9. The van der Waals surface area contributed by atoms with Gasteiger partial charge in [0.05, 0.1) is 5.92 Å². The van der Waals surface area contributed by atoms with Crippen LogP contribution >= 0.6 is 0 Å². The van der Waals surface area contributed by atoms with E-state index < -0.39 is 17.9 Å². The van der Waals surface area contributed by atoms with Gasteiger partial charge < -0.3 is 15.3 Å². The molecule has 2 N–H and O–H groups in total. The van der Waals surface area contributed by atoms with Crippen LogP contribution in [0.15, 0.2) is 0 Å². The first-order valence-corrected chi connectivity index (χ1v) is 6.66. The molecule has 2 atom stereocenters. The minimum atomic E-state index is -1.04. The quantitative estimate of drug-likeness (QED) is 0.734. The minimum absolute atomic E-state index is 0.0303. The van der Waals surface area contributed by atoms with E-state index in [0.717, 1.165) is 0 Å². The van der Waals surface area contributed by atoms with E-state index >= 15 is 0 Å². The van der Waals surface area contributed by atoms with Crippen LogP contribution in [0.3, 0.4) is 0 Å². The van der Waals surface area contributed by atoms with E-state index in [4.69, 9.17) is 5.11 Å². The number of carboxylic acid groups (broad SMARTS) is 1. The van der Waals surface area contributed by atoms with Crippen molar-refractivity contribution >= 4 is 17.8 Å². The van der Waals surface area contributed by atoms with E-state index in [0.29, 0.717) is 25.4 Å². The minimum Gasteiger partial charge on any atom is -0.480 e. The van der Waals surface area contributed by atoms with Gasteiger partial charge in [0.1, 0.15) is 6.04 Å². The van der Waals surface area contributed by atoms with Crippen molar-refractivity contribution in [2.45, 2.75) is 39.7 Å². The average Bonchev–Trinajstić information content (AvgIpc) is 2.66. The van der Waals surface area contributed by atoms with Crippen molar-refractivity contribution in [3.05, 3.63) is 0 Å². The van der Waals surface area contributed by atoms with Crippen molar-refractivity contribution in [2.75, 3.05) is 13.1 Å². The number of carbonyl (C=O) groups is 3. The summed E-state index contributed by atoms with van der Waals surface area (Å²) in [5, 5.41) is 11.4. The van der Waals surface area contributed by atoms with Gasteiger partial charge in [-0.3, -0.25) is 9.59 Å². The molecule has 0 aromatic carbocycles. The van der Waals surface area contributed by atoms with Crippen LogP contribution in [0, 0.1) is 11.8 Å². The number of likely N-dealkylation sites (tertiary alicyclic amines) is 1.